The van der Waals surface area contributed by atoms with Gasteiger partial charge >= 0.3 is 0 Å². The summed E-state index contributed by atoms with van der Waals surface area (Å²) in [4.78, 5) is 3.91. The second-order valence-electron chi connectivity index (χ2n) is 1.98. The highest BCUT2D eigenvalue weighted by atomic mass is 15.0. The van der Waals surface area contributed by atoms with E-state index in [1.165, 1.54) is 6.42 Å². The Morgan fingerprint density at radius 3 is 3.11 bits per heavy atom. The first kappa shape index (κ1) is 6.33. The number of hydrogen-bond donors (Lipinski definition) is 0. The molecule has 0 atom stereocenters. The zero-order valence-electron chi connectivity index (χ0n) is 5.62. The lowest BCUT2D eigenvalue weighted by Gasteiger charge is -1.95. The van der Waals surface area contributed by atoms with Gasteiger partial charge in [0.2, 0.25) is 0 Å². The Kier molecular flexibility index (Phi) is 2.31. The third-order valence-corrected chi connectivity index (χ3v) is 1.15. The zero-order valence-corrected chi connectivity index (χ0v) is 5.62. The molecule has 0 amide bonds. The summed E-state index contributed by atoms with van der Waals surface area (Å²) >= 11 is 0. The number of unbranched alkanes of at least 4 members (excludes halogenated alkanes) is 1. The van der Waals surface area contributed by atoms with E-state index in [2.05, 4.69) is 18.5 Å². The third kappa shape index (κ3) is 1.88. The smallest absolute Gasteiger partial charge is 0.0949 e. The van der Waals surface area contributed by atoms with Crippen LogP contribution in [0.1, 0.15) is 19.8 Å². The summed E-state index contributed by atoms with van der Waals surface area (Å²) in [5, 5.41) is 0. The van der Waals surface area contributed by atoms with E-state index >= 15 is 0 Å². The zero-order chi connectivity index (χ0) is 6.53. The molecule has 1 aromatic heterocycles. The molecule has 1 aromatic rings. The van der Waals surface area contributed by atoms with Crippen LogP contribution in [0.25, 0.3) is 0 Å². The van der Waals surface area contributed by atoms with E-state index in [0.29, 0.717) is 0 Å². The minimum atomic E-state index is 1.12. The molecule has 0 saturated heterocycles. The van der Waals surface area contributed by atoms with Crippen molar-refractivity contribution in [3.8, 4) is 0 Å². The summed E-state index contributed by atoms with van der Waals surface area (Å²) in [6.07, 6.45) is 7.84. The molecule has 9 heavy (non-hydrogen) atoms. The van der Waals surface area contributed by atoms with Gasteiger partial charge < -0.3 is 4.57 Å². The topological polar surface area (TPSA) is 17.8 Å². The Hall–Kier alpha value is -0.790. The molecule has 0 bridgehead atoms. The first-order chi connectivity index (χ1) is 4.43. The molecule has 0 aromatic carbocycles. The highest BCUT2D eigenvalue weighted by molar-refractivity contribution is 4.81. The standard InChI is InChI=1S/C7H11N2/c1-2-3-5-9-6-4-8-7-9/h4-7H,2-3H2,1H3. The van der Waals surface area contributed by atoms with Crippen LogP contribution >= 0.6 is 0 Å². The Labute approximate surface area is 55.5 Å². The fourth-order valence-electron chi connectivity index (χ4n) is 0.656. The van der Waals surface area contributed by atoms with Gasteiger partial charge in [0, 0.05) is 12.4 Å². The van der Waals surface area contributed by atoms with E-state index in [9.17, 15) is 0 Å². The Morgan fingerprint density at radius 2 is 2.56 bits per heavy atom. The van der Waals surface area contributed by atoms with Crippen molar-refractivity contribution in [2.45, 2.75) is 19.8 Å². The van der Waals surface area contributed by atoms with E-state index in [1.54, 1.807) is 12.5 Å². The van der Waals surface area contributed by atoms with Crippen LogP contribution in [0, 0.1) is 6.54 Å². The molecule has 0 aliphatic carbocycles. The van der Waals surface area contributed by atoms with Crippen molar-refractivity contribution < 1.29 is 0 Å². The molecule has 1 rings (SSSR count). The second-order valence-corrected chi connectivity index (χ2v) is 1.98. The molecule has 1 radical (unpaired) electrons. The quantitative estimate of drug-likeness (QED) is 0.598. The van der Waals surface area contributed by atoms with Gasteiger partial charge in [0.1, 0.15) is 0 Å². The second kappa shape index (κ2) is 3.28. The molecule has 1 heterocycles. The molecule has 0 spiro atoms. The van der Waals surface area contributed by atoms with E-state index in [1.807, 2.05) is 10.8 Å². The normalized spacial score (nSPS) is 9.89. The third-order valence-electron chi connectivity index (χ3n) is 1.15. The monoisotopic (exact) mass is 123 g/mol. The van der Waals surface area contributed by atoms with Gasteiger partial charge in [-0.05, 0) is 6.42 Å². The van der Waals surface area contributed by atoms with Crippen LogP contribution in [0.15, 0.2) is 18.7 Å². The van der Waals surface area contributed by atoms with E-state index < -0.39 is 0 Å². The molecule has 0 aliphatic heterocycles. The van der Waals surface area contributed by atoms with Crippen LogP contribution < -0.4 is 0 Å². The fourth-order valence-corrected chi connectivity index (χ4v) is 0.656. The molecular weight excluding hydrogens is 112 g/mol. The van der Waals surface area contributed by atoms with Crippen molar-refractivity contribution in [2.75, 3.05) is 0 Å². The van der Waals surface area contributed by atoms with E-state index in [-0.39, 0.29) is 0 Å². The number of imidazole rings is 1. The Morgan fingerprint density at radius 1 is 1.67 bits per heavy atom. The lowest BCUT2D eigenvalue weighted by molar-refractivity contribution is 0.797. The Bertz CT molecular complexity index is 144. The lowest BCUT2D eigenvalue weighted by Crippen LogP contribution is -1.88. The molecule has 0 fully saturated rings. The van der Waals surface area contributed by atoms with Crippen molar-refractivity contribution >= 4 is 0 Å². The molecule has 2 heteroatoms. The highest BCUT2D eigenvalue weighted by Gasteiger charge is 1.86. The molecular formula is C7H11N2. The maximum Gasteiger partial charge on any atom is 0.0949 e. The van der Waals surface area contributed by atoms with Crippen molar-refractivity contribution in [2.24, 2.45) is 0 Å². The van der Waals surface area contributed by atoms with Gasteiger partial charge in [0.05, 0.1) is 12.9 Å². The van der Waals surface area contributed by atoms with Crippen LogP contribution in [-0.2, 0) is 0 Å². The van der Waals surface area contributed by atoms with Crippen LogP contribution in [-0.4, -0.2) is 9.55 Å². The van der Waals surface area contributed by atoms with E-state index in [0.717, 1.165) is 6.42 Å². The molecule has 2 nitrogen and oxygen atoms in total. The van der Waals surface area contributed by atoms with Crippen LogP contribution in [0.5, 0.6) is 0 Å². The summed E-state index contributed by atoms with van der Waals surface area (Å²) in [7, 11) is 0. The van der Waals surface area contributed by atoms with Crippen molar-refractivity contribution in [3.05, 3.63) is 25.3 Å². The Balaban J connectivity index is 2.30. The number of rotatable bonds is 3. The summed E-state index contributed by atoms with van der Waals surface area (Å²) in [5.41, 5.74) is 0. The van der Waals surface area contributed by atoms with Gasteiger partial charge in [-0.1, -0.05) is 13.3 Å². The summed E-state index contributed by atoms with van der Waals surface area (Å²) in [5.74, 6) is 0. The van der Waals surface area contributed by atoms with Gasteiger partial charge in [-0.15, -0.1) is 0 Å². The predicted octanol–water partition coefficient (Wildman–Crippen LogP) is 1.69. The minimum Gasteiger partial charge on any atom is -0.332 e. The van der Waals surface area contributed by atoms with Crippen LogP contribution in [0.4, 0.5) is 0 Å². The largest absolute Gasteiger partial charge is 0.332 e. The number of aromatic nitrogens is 2. The first-order valence-corrected chi connectivity index (χ1v) is 3.24. The minimum absolute atomic E-state index is 1.12. The van der Waals surface area contributed by atoms with Crippen LogP contribution in [0.3, 0.4) is 0 Å². The van der Waals surface area contributed by atoms with Crippen molar-refractivity contribution in [1.82, 2.24) is 9.55 Å². The lowest BCUT2D eigenvalue weighted by atomic mass is 10.3. The average Bonchev–Trinajstić information content (AvgIpc) is 2.34. The average molecular weight is 123 g/mol. The van der Waals surface area contributed by atoms with Gasteiger partial charge in [-0.2, -0.15) is 0 Å². The number of hydrogen-bond acceptors (Lipinski definition) is 1. The SMILES string of the molecule is CCC[CH]n1ccnc1. The number of nitrogens with zero attached hydrogens (tertiary/aromatic N) is 2. The molecule has 0 saturated carbocycles. The van der Waals surface area contributed by atoms with Gasteiger partial charge in [0.15, 0.2) is 0 Å². The van der Waals surface area contributed by atoms with Crippen molar-refractivity contribution in [1.29, 1.82) is 0 Å². The van der Waals surface area contributed by atoms with Gasteiger partial charge in [0.25, 0.3) is 0 Å². The predicted molar refractivity (Wildman–Crippen MR) is 36.8 cm³/mol. The maximum atomic E-state index is 3.91. The first-order valence-electron chi connectivity index (χ1n) is 3.24. The summed E-state index contributed by atoms with van der Waals surface area (Å²) < 4.78 is 1.98. The molecule has 0 unspecified atom stereocenters. The van der Waals surface area contributed by atoms with E-state index in [4.69, 9.17) is 0 Å². The fraction of sp³-hybridized carbons (Fsp3) is 0.429. The van der Waals surface area contributed by atoms with Gasteiger partial charge in [-0.25, -0.2) is 4.98 Å². The van der Waals surface area contributed by atoms with Gasteiger partial charge in [-0.3, -0.25) is 0 Å². The summed E-state index contributed by atoms with van der Waals surface area (Å²) in [6.45, 7) is 4.28. The molecule has 0 N–H and O–H groups in total. The molecule has 49 valence electrons. The highest BCUT2D eigenvalue weighted by Crippen LogP contribution is 1.95. The van der Waals surface area contributed by atoms with Crippen LogP contribution in [0.2, 0.25) is 0 Å². The van der Waals surface area contributed by atoms with Crippen molar-refractivity contribution in [3.63, 3.8) is 0 Å². The molecule has 0 aliphatic rings. The maximum absolute atomic E-state index is 3.91. The summed E-state index contributed by atoms with van der Waals surface area (Å²) in [6, 6.07) is 0.